The number of rotatable bonds is 9. The van der Waals surface area contributed by atoms with Crippen LogP contribution in [0.4, 0.5) is 4.39 Å². The highest BCUT2D eigenvalue weighted by atomic mass is 127. The Morgan fingerprint density at radius 2 is 1.94 bits per heavy atom. The molecule has 1 aromatic heterocycles. The molecule has 0 aliphatic heterocycles. The Morgan fingerprint density at radius 3 is 2.72 bits per heavy atom. The maximum atomic E-state index is 13.5. The second-order valence-electron chi connectivity index (χ2n) is 6.93. The van der Waals surface area contributed by atoms with E-state index in [0.29, 0.717) is 43.3 Å². The maximum Gasteiger partial charge on any atom is 0.251 e. The van der Waals surface area contributed by atoms with E-state index in [1.165, 1.54) is 6.07 Å². The molecule has 1 heterocycles. The zero-order valence-corrected chi connectivity index (χ0v) is 20.5. The van der Waals surface area contributed by atoms with Crippen LogP contribution in [0.5, 0.6) is 5.75 Å². The fourth-order valence-corrected chi connectivity index (χ4v) is 3.21. The number of nitrogens with zero attached hydrogens (tertiary/aromatic N) is 1. The number of ether oxygens (including phenoxy) is 1. The van der Waals surface area contributed by atoms with E-state index in [2.05, 4.69) is 25.9 Å². The van der Waals surface area contributed by atoms with Crippen LogP contribution in [0.15, 0.2) is 53.7 Å². The van der Waals surface area contributed by atoms with Crippen LogP contribution in [-0.4, -0.2) is 50.1 Å². The zero-order valence-electron chi connectivity index (χ0n) is 18.2. The number of nitrogens with one attached hydrogen (secondary N) is 4. The van der Waals surface area contributed by atoms with Crippen molar-refractivity contribution in [3.05, 3.63) is 65.6 Å². The lowest BCUT2D eigenvalue weighted by Gasteiger charge is -2.12. The molecule has 0 saturated carbocycles. The molecule has 0 saturated heterocycles. The summed E-state index contributed by atoms with van der Waals surface area (Å²) in [6.45, 7) is 4.24. The van der Waals surface area contributed by atoms with Crippen LogP contribution in [0, 0.1) is 5.82 Å². The van der Waals surface area contributed by atoms with Gasteiger partial charge in [0.2, 0.25) is 0 Å². The lowest BCUT2D eigenvalue weighted by molar-refractivity contribution is 0.0954. The van der Waals surface area contributed by atoms with Crippen molar-refractivity contribution in [1.29, 1.82) is 0 Å². The SMILES string of the molecule is CCNC(=NCCc1c[nH]c2ccc(F)cc12)NCCNC(=O)c1cccc(OC)c1.I. The highest BCUT2D eigenvalue weighted by Crippen LogP contribution is 2.19. The fourth-order valence-electron chi connectivity index (χ4n) is 3.21. The molecule has 1 amide bonds. The van der Waals surface area contributed by atoms with Crippen LogP contribution >= 0.6 is 24.0 Å². The number of aromatic nitrogens is 1. The number of halogens is 2. The molecule has 3 aromatic rings. The average Bonchev–Trinajstić information content (AvgIpc) is 3.18. The van der Waals surface area contributed by atoms with E-state index in [9.17, 15) is 9.18 Å². The quantitative estimate of drug-likeness (QED) is 0.142. The first kappa shape index (κ1) is 25.4. The number of carbonyl (C=O) groups excluding carboxylic acids is 1. The van der Waals surface area contributed by atoms with Crippen molar-refractivity contribution < 1.29 is 13.9 Å². The van der Waals surface area contributed by atoms with Crippen molar-refractivity contribution in [3.8, 4) is 5.75 Å². The first-order valence-corrected chi connectivity index (χ1v) is 10.3. The molecule has 7 nitrogen and oxygen atoms in total. The molecule has 0 aliphatic rings. The van der Waals surface area contributed by atoms with Crippen molar-refractivity contribution >= 4 is 46.7 Å². The minimum absolute atomic E-state index is 0. The number of fused-ring (bicyclic) bond motifs is 1. The van der Waals surface area contributed by atoms with E-state index < -0.39 is 0 Å². The van der Waals surface area contributed by atoms with Gasteiger partial charge in [-0.1, -0.05) is 6.07 Å². The standard InChI is InChI=1S/C23H28FN5O2.HI/c1-3-25-23(27-10-9-17-15-29-21-8-7-18(24)14-20(17)21)28-12-11-26-22(30)16-5-4-6-19(13-16)31-2;/h4-8,13-15,29H,3,9-12H2,1-2H3,(H,26,30)(H2,25,27,28);1H. The highest BCUT2D eigenvalue weighted by molar-refractivity contribution is 14.0. The Hall–Kier alpha value is -2.82. The summed E-state index contributed by atoms with van der Waals surface area (Å²) in [4.78, 5) is 20.0. The molecule has 0 fully saturated rings. The first-order chi connectivity index (χ1) is 15.1. The van der Waals surface area contributed by atoms with E-state index in [1.54, 1.807) is 43.5 Å². The minimum Gasteiger partial charge on any atom is -0.497 e. The third-order valence-electron chi connectivity index (χ3n) is 4.76. The summed E-state index contributed by atoms with van der Waals surface area (Å²) in [6.07, 6.45) is 2.58. The molecule has 3 rings (SSSR count). The molecule has 2 aromatic carbocycles. The van der Waals surface area contributed by atoms with Gasteiger partial charge >= 0.3 is 0 Å². The van der Waals surface area contributed by atoms with Gasteiger partial charge in [-0.2, -0.15) is 0 Å². The number of carbonyl (C=O) groups is 1. The van der Waals surface area contributed by atoms with Crippen molar-refractivity contribution in [2.45, 2.75) is 13.3 Å². The molecule has 32 heavy (non-hydrogen) atoms. The molecule has 0 atom stereocenters. The number of H-pyrrole nitrogens is 1. The van der Waals surface area contributed by atoms with Crippen LogP contribution < -0.4 is 20.7 Å². The van der Waals surface area contributed by atoms with Gasteiger partial charge in [-0.25, -0.2) is 4.39 Å². The Bertz CT molecular complexity index is 1050. The molecule has 172 valence electrons. The summed E-state index contributed by atoms with van der Waals surface area (Å²) in [5, 5.41) is 10.1. The minimum atomic E-state index is -0.247. The lowest BCUT2D eigenvalue weighted by Crippen LogP contribution is -2.41. The summed E-state index contributed by atoms with van der Waals surface area (Å²) < 4.78 is 18.7. The third-order valence-corrected chi connectivity index (χ3v) is 4.76. The van der Waals surface area contributed by atoms with Crippen LogP contribution in [0.2, 0.25) is 0 Å². The van der Waals surface area contributed by atoms with Gasteiger partial charge in [0.25, 0.3) is 5.91 Å². The number of methoxy groups -OCH3 is 1. The van der Waals surface area contributed by atoms with Crippen LogP contribution in [0.3, 0.4) is 0 Å². The summed E-state index contributed by atoms with van der Waals surface area (Å²) >= 11 is 0. The molecule has 4 N–H and O–H groups in total. The molecular formula is C23H29FIN5O2. The van der Waals surface area contributed by atoms with Gasteiger partial charge in [0.1, 0.15) is 11.6 Å². The summed E-state index contributed by atoms with van der Waals surface area (Å²) in [5.41, 5.74) is 2.49. The molecule has 0 unspecified atom stereocenters. The third kappa shape index (κ3) is 7.11. The first-order valence-electron chi connectivity index (χ1n) is 10.3. The van der Waals surface area contributed by atoms with Crippen LogP contribution in [0.1, 0.15) is 22.8 Å². The second-order valence-corrected chi connectivity index (χ2v) is 6.93. The Morgan fingerprint density at radius 1 is 1.12 bits per heavy atom. The monoisotopic (exact) mass is 553 g/mol. The number of amides is 1. The molecule has 0 aliphatic carbocycles. The number of benzene rings is 2. The Balaban J connectivity index is 0.00000363. The van der Waals surface area contributed by atoms with Gasteiger partial charge in [0.15, 0.2) is 5.96 Å². The van der Waals surface area contributed by atoms with Gasteiger partial charge in [-0.05, 0) is 55.3 Å². The normalized spacial score (nSPS) is 11.0. The summed E-state index contributed by atoms with van der Waals surface area (Å²) in [7, 11) is 1.57. The topological polar surface area (TPSA) is 90.5 Å². The van der Waals surface area contributed by atoms with Gasteiger partial charge < -0.3 is 25.7 Å². The van der Waals surface area contributed by atoms with Crippen molar-refractivity contribution in [3.63, 3.8) is 0 Å². The van der Waals surface area contributed by atoms with Crippen molar-refractivity contribution in [2.75, 3.05) is 33.3 Å². The van der Waals surface area contributed by atoms with Gasteiger partial charge in [0, 0.05) is 48.8 Å². The number of hydrogen-bond donors (Lipinski definition) is 4. The van der Waals surface area contributed by atoms with Gasteiger partial charge in [-0.3, -0.25) is 9.79 Å². The number of hydrogen-bond acceptors (Lipinski definition) is 3. The van der Waals surface area contributed by atoms with Gasteiger partial charge in [-0.15, -0.1) is 24.0 Å². The van der Waals surface area contributed by atoms with E-state index in [4.69, 9.17) is 4.74 Å². The number of guanidine groups is 1. The summed E-state index contributed by atoms with van der Waals surface area (Å²) in [5.74, 6) is 0.909. The predicted octanol–water partition coefficient (Wildman–Crippen LogP) is 3.46. The Kier molecular flexibility index (Phi) is 10.3. The number of aliphatic imine (C=N–C) groups is 1. The molecule has 9 heteroatoms. The number of aromatic amines is 1. The highest BCUT2D eigenvalue weighted by Gasteiger charge is 2.07. The zero-order chi connectivity index (χ0) is 22.1. The Labute approximate surface area is 204 Å². The van der Waals surface area contributed by atoms with Crippen molar-refractivity contribution in [1.82, 2.24) is 20.9 Å². The second kappa shape index (κ2) is 12.9. The smallest absolute Gasteiger partial charge is 0.251 e. The van der Waals surface area contributed by atoms with E-state index in [0.717, 1.165) is 23.0 Å². The van der Waals surface area contributed by atoms with E-state index >= 15 is 0 Å². The van der Waals surface area contributed by atoms with Crippen LogP contribution in [-0.2, 0) is 6.42 Å². The summed E-state index contributed by atoms with van der Waals surface area (Å²) in [6, 6.07) is 11.7. The predicted molar refractivity (Wildman–Crippen MR) is 137 cm³/mol. The largest absolute Gasteiger partial charge is 0.497 e. The van der Waals surface area contributed by atoms with Crippen molar-refractivity contribution in [2.24, 2.45) is 4.99 Å². The molecular weight excluding hydrogens is 524 g/mol. The fraction of sp³-hybridized carbons (Fsp3) is 0.304. The lowest BCUT2D eigenvalue weighted by atomic mass is 10.1. The average molecular weight is 553 g/mol. The van der Waals surface area contributed by atoms with E-state index in [-0.39, 0.29) is 35.7 Å². The molecule has 0 radical (unpaired) electrons. The van der Waals surface area contributed by atoms with Gasteiger partial charge in [0.05, 0.1) is 7.11 Å². The van der Waals surface area contributed by atoms with E-state index in [1.807, 2.05) is 13.1 Å². The maximum absolute atomic E-state index is 13.5. The van der Waals surface area contributed by atoms with Crippen LogP contribution in [0.25, 0.3) is 10.9 Å². The molecule has 0 bridgehead atoms. The molecule has 0 spiro atoms.